The van der Waals surface area contributed by atoms with Gasteiger partial charge in [-0.05, 0) is 13.8 Å². The van der Waals surface area contributed by atoms with Gasteiger partial charge < -0.3 is 9.42 Å². The average Bonchev–Trinajstić information content (AvgIpc) is 2.88. The highest BCUT2D eigenvalue weighted by Crippen LogP contribution is 2.18. The molecular formula is C15H18N6O. The van der Waals surface area contributed by atoms with Gasteiger partial charge in [-0.3, -0.25) is 4.90 Å². The first-order valence-electron chi connectivity index (χ1n) is 7.28. The van der Waals surface area contributed by atoms with Crippen molar-refractivity contribution < 1.29 is 4.52 Å². The molecule has 3 heterocycles. The van der Waals surface area contributed by atoms with Crippen molar-refractivity contribution in [2.45, 2.75) is 20.4 Å². The third-order valence-electron chi connectivity index (χ3n) is 4.01. The summed E-state index contributed by atoms with van der Waals surface area (Å²) in [6.45, 7) is 8.49. The van der Waals surface area contributed by atoms with Crippen molar-refractivity contribution in [3.63, 3.8) is 0 Å². The predicted molar refractivity (Wildman–Crippen MR) is 80.2 cm³/mol. The van der Waals surface area contributed by atoms with Crippen molar-refractivity contribution >= 4 is 5.82 Å². The van der Waals surface area contributed by atoms with Gasteiger partial charge in [-0.2, -0.15) is 5.26 Å². The smallest absolute Gasteiger partial charge is 0.158 e. The number of hydrogen-bond donors (Lipinski definition) is 0. The first kappa shape index (κ1) is 14.5. The van der Waals surface area contributed by atoms with Gasteiger partial charge in [0.25, 0.3) is 0 Å². The number of nitrogens with zero attached hydrogens (tertiary/aromatic N) is 6. The fraction of sp³-hybridized carbons (Fsp3) is 0.467. The van der Waals surface area contributed by atoms with Crippen LogP contribution in [-0.2, 0) is 6.54 Å². The zero-order chi connectivity index (χ0) is 15.5. The van der Waals surface area contributed by atoms with Crippen LogP contribution in [0.25, 0.3) is 0 Å². The first-order valence-corrected chi connectivity index (χ1v) is 7.28. The minimum atomic E-state index is 0.348. The van der Waals surface area contributed by atoms with Gasteiger partial charge in [-0.15, -0.1) is 0 Å². The van der Waals surface area contributed by atoms with Crippen LogP contribution in [0.15, 0.2) is 16.9 Å². The van der Waals surface area contributed by atoms with Crippen LogP contribution in [0, 0.1) is 25.2 Å². The topological polar surface area (TPSA) is 82.1 Å². The lowest BCUT2D eigenvalue weighted by Crippen LogP contribution is -2.46. The molecule has 1 aliphatic heterocycles. The second kappa shape index (κ2) is 6.12. The molecule has 1 saturated heterocycles. The molecule has 2 aromatic rings. The quantitative estimate of drug-likeness (QED) is 0.844. The zero-order valence-electron chi connectivity index (χ0n) is 12.8. The molecule has 0 radical (unpaired) electrons. The SMILES string of the molecule is Cc1noc(C)c1CN1CCN(c2cnc(C#N)cn2)CC1. The van der Waals surface area contributed by atoms with Gasteiger partial charge in [0.05, 0.1) is 18.1 Å². The minimum Gasteiger partial charge on any atom is -0.361 e. The summed E-state index contributed by atoms with van der Waals surface area (Å²) in [6, 6.07) is 1.98. The van der Waals surface area contributed by atoms with Gasteiger partial charge in [-0.1, -0.05) is 5.16 Å². The maximum atomic E-state index is 8.76. The second-order valence-corrected chi connectivity index (χ2v) is 5.44. The largest absolute Gasteiger partial charge is 0.361 e. The maximum absolute atomic E-state index is 8.76. The van der Waals surface area contributed by atoms with E-state index in [-0.39, 0.29) is 0 Å². The summed E-state index contributed by atoms with van der Waals surface area (Å²) in [5.41, 5.74) is 2.50. The van der Waals surface area contributed by atoms with Crippen molar-refractivity contribution in [1.29, 1.82) is 5.26 Å². The Kier molecular flexibility index (Phi) is 4.02. The summed E-state index contributed by atoms with van der Waals surface area (Å²) in [7, 11) is 0. The Morgan fingerprint density at radius 2 is 1.95 bits per heavy atom. The van der Waals surface area contributed by atoms with Crippen molar-refractivity contribution in [2.24, 2.45) is 0 Å². The molecule has 0 amide bonds. The summed E-state index contributed by atoms with van der Waals surface area (Å²) < 4.78 is 5.22. The molecule has 0 spiro atoms. The van der Waals surface area contributed by atoms with Gasteiger partial charge >= 0.3 is 0 Å². The predicted octanol–water partition coefficient (Wildman–Crippen LogP) is 1.28. The zero-order valence-corrected chi connectivity index (χ0v) is 12.8. The summed E-state index contributed by atoms with van der Waals surface area (Å²) in [6.07, 6.45) is 3.19. The molecule has 1 fully saturated rings. The highest BCUT2D eigenvalue weighted by Gasteiger charge is 2.20. The van der Waals surface area contributed by atoms with E-state index in [0.29, 0.717) is 5.69 Å². The number of hydrogen-bond acceptors (Lipinski definition) is 7. The number of rotatable bonds is 3. The Hall–Kier alpha value is -2.46. The molecule has 0 saturated carbocycles. The Bertz CT molecular complexity index is 660. The lowest BCUT2D eigenvalue weighted by Gasteiger charge is -2.35. The first-order chi connectivity index (χ1) is 10.7. The van der Waals surface area contributed by atoms with E-state index in [9.17, 15) is 0 Å². The Balaban J connectivity index is 1.59. The fourth-order valence-corrected chi connectivity index (χ4v) is 2.63. The van der Waals surface area contributed by atoms with E-state index in [1.54, 1.807) is 6.20 Å². The van der Waals surface area contributed by atoms with Crippen molar-refractivity contribution in [3.8, 4) is 6.07 Å². The van der Waals surface area contributed by atoms with Gasteiger partial charge in [0.2, 0.25) is 0 Å². The van der Waals surface area contributed by atoms with Crippen LogP contribution in [0.1, 0.15) is 22.7 Å². The van der Waals surface area contributed by atoms with Crippen LogP contribution >= 0.6 is 0 Å². The third kappa shape index (κ3) is 2.92. The average molecular weight is 298 g/mol. The number of piperazine rings is 1. The molecule has 0 aromatic carbocycles. The van der Waals surface area contributed by atoms with Gasteiger partial charge in [-0.25, -0.2) is 9.97 Å². The lowest BCUT2D eigenvalue weighted by atomic mass is 10.2. The highest BCUT2D eigenvalue weighted by atomic mass is 16.5. The lowest BCUT2D eigenvalue weighted by molar-refractivity contribution is 0.247. The molecule has 0 N–H and O–H groups in total. The van der Waals surface area contributed by atoms with E-state index in [1.807, 2.05) is 19.9 Å². The number of anilines is 1. The van der Waals surface area contributed by atoms with Crippen LogP contribution < -0.4 is 4.90 Å². The van der Waals surface area contributed by atoms with E-state index in [0.717, 1.165) is 50.0 Å². The summed E-state index contributed by atoms with van der Waals surface area (Å²) in [4.78, 5) is 13.0. The van der Waals surface area contributed by atoms with Gasteiger partial charge in [0, 0.05) is 38.3 Å². The van der Waals surface area contributed by atoms with E-state index in [1.165, 1.54) is 11.8 Å². The maximum Gasteiger partial charge on any atom is 0.158 e. The fourth-order valence-electron chi connectivity index (χ4n) is 2.63. The highest BCUT2D eigenvalue weighted by molar-refractivity contribution is 5.37. The standard InChI is InChI=1S/C15H18N6O/c1-11-14(12(2)22-19-11)10-20-3-5-21(6-4-20)15-9-17-13(7-16)8-18-15/h8-9H,3-6,10H2,1-2H3. The molecule has 3 rings (SSSR count). The van der Waals surface area contributed by atoms with Crippen LogP contribution in [0.2, 0.25) is 0 Å². The molecule has 114 valence electrons. The van der Waals surface area contributed by atoms with E-state index < -0.39 is 0 Å². The summed E-state index contributed by atoms with van der Waals surface area (Å²) in [5, 5.41) is 12.8. The van der Waals surface area contributed by atoms with Gasteiger partial charge in [0.1, 0.15) is 17.6 Å². The molecule has 7 heteroatoms. The van der Waals surface area contributed by atoms with E-state index in [4.69, 9.17) is 9.78 Å². The number of aromatic nitrogens is 3. The van der Waals surface area contributed by atoms with Crippen LogP contribution in [0.5, 0.6) is 0 Å². The molecule has 0 atom stereocenters. The Morgan fingerprint density at radius 1 is 1.18 bits per heavy atom. The third-order valence-corrected chi connectivity index (χ3v) is 4.01. The minimum absolute atomic E-state index is 0.348. The summed E-state index contributed by atoms with van der Waals surface area (Å²) >= 11 is 0. The number of nitriles is 1. The molecule has 0 aliphatic carbocycles. The van der Waals surface area contributed by atoms with Crippen molar-refractivity contribution in [1.82, 2.24) is 20.0 Å². The second-order valence-electron chi connectivity index (χ2n) is 5.44. The van der Waals surface area contributed by atoms with Crippen LogP contribution in [-0.4, -0.2) is 46.2 Å². The number of aryl methyl sites for hydroxylation is 2. The molecule has 22 heavy (non-hydrogen) atoms. The molecule has 0 bridgehead atoms. The normalized spacial score (nSPS) is 15.8. The molecular weight excluding hydrogens is 280 g/mol. The summed E-state index contributed by atoms with van der Waals surface area (Å²) in [5.74, 6) is 1.73. The Labute approximate surface area is 129 Å². The van der Waals surface area contributed by atoms with E-state index >= 15 is 0 Å². The molecule has 7 nitrogen and oxygen atoms in total. The Morgan fingerprint density at radius 3 is 2.50 bits per heavy atom. The molecule has 0 unspecified atom stereocenters. The van der Waals surface area contributed by atoms with Crippen LogP contribution in [0.3, 0.4) is 0 Å². The van der Waals surface area contributed by atoms with Crippen molar-refractivity contribution in [2.75, 3.05) is 31.1 Å². The molecule has 1 aliphatic rings. The van der Waals surface area contributed by atoms with E-state index in [2.05, 4.69) is 24.9 Å². The van der Waals surface area contributed by atoms with Crippen LogP contribution in [0.4, 0.5) is 5.82 Å². The molecule has 2 aromatic heterocycles. The van der Waals surface area contributed by atoms with Crippen molar-refractivity contribution in [3.05, 3.63) is 35.1 Å². The monoisotopic (exact) mass is 298 g/mol. The van der Waals surface area contributed by atoms with Gasteiger partial charge in [0.15, 0.2) is 5.69 Å².